The molecule has 0 unspecified atom stereocenters. The van der Waals surface area contributed by atoms with E-state index in [0.29, 0.717) is 22.7 Å². The number of nitrogens with zero attached hydrogens (tertiary/aromatic N) is 5. The number of nitro benzene ring substituents is 1. The number of amides is 1. The van der Waals surface area contributed by atoms with Gasteiger partial charge in [-0.1, -0.05) is 23.9 Å². The summed E-state index contributed by atoms with van der Waals surface area (Å²) in [7, 11) is 3.03. The maximum Gasteiger partial charge on any atom is 0.270 e. The second kappa shape index (κ2) is 10.8. The van der Waals surface area contributed by atoms with Crippen molar-refractivity contribution in [2.45, 2.75) is 5.16 Å². The number of rotatable bonds is 10. The summed E-state index contributed by atoms with van der Waals surface area (Å²) in [5, 5.41) is 25.6. The van der Waals surface area contributed by atoms with Gasteiger partial charge in [-0.2, -0.15) is 5.10 Å². The second-order valence-electron chi connectivity index (χ2n) is 6.30. The zero-order valence-electron chi connectivity index (χ0n) is 17.6. The lowest BCUT2D eigenvalue weighted by Gasteiger charge is -2.11. The molecule has 14 heteroatoms. The number of carbonyl (C=O) groups is 1. The minimum atomic E-state index is -0.494. The monoisotopic (exact) mass is 472 g/mol. The van der Waals surface area contributed by atoms with Crippen LogP contribution in [0.1, 0.15) is 5.56 Å². The van der Waals surface area contributed by atoms with Crippen molar-refractivity contribution >= 4 is 41.2 Å². The molecule has 3 rings (SSSR count). The van der Waals surface area contributed by atoms with E-state index >= 15 is 0 Å². The number of non-ortho nitro benzene ring substituents is 1. The van der Waals surface area contributed by atoms with Crippen LogP contribution in [0.4, 0.5) is 17.3 Å². The van der Waals surface area contributed by atoms with Gasteiger partial charge in [-0.15, -0.1) is 10.2 Å². The van der Waals surface area contributed by atoms with Crippen LogP contribution in [-0.2, 0) is 4.79 Å². The highest BCUT2D eigenvalue weighted by Gasteiger charge is 2.14. The third-order valence-corrected chi connectivity index (χ3v) is 5.08. The number of nitrogens with one attached hydrogen (secondary N) is 2. The number of benzene rings is 2. The molecule has 0 fully saturated rings. The van der Waals surface area contributed by atoms with Crippen molar-refractivity contribution in [3.63, 3.8) is 0 Å². The van der Waals surface area contributed by atoms with Crippen LogP contribution >= 0.6 is 11.8 Å². The summed E-state index contributed by atoms with van der Waals surface area (Å²) in [6, 6.07) is 11.0. The summed E-state index contributed by atoms with van der Waals surface area (Å²) in [5.74, 6) is 6.84. The van der Waals surface area contributed by atoms with Gasteiger partial charge in [0.15, 0.2) is 0 Å². The Bertz CT molecular complexity index is 1180. The fraction of sp³-hybridized carbons (Fsp3) is 0.158. The Morgan fingerprint density at radius 3 is 2.82 bits per heavy atom. The van der Waals surface area contributed by atoms with Crippen LogP contribution in [0.25, 0.3) is 0 Å². The van der Waals surface area contributed by atoms with Crippen molar-refractivity contribution in [2.75, 3.05) is 36.6 Å². The van der Waals surface area contributed by atoms with Gasteiger partial charge in [-0.25, -0.2) is 10.1 Å². The topological polar surface area (TPSA) is 172 Å². The van der Waals surface area contributed by atoms with Crippen LogP contribution in [0.2, 0.25) is 0 Å². The molecule has 0 aliphatic carbocycles. The molecule has 0 saturated carbocycles. The SMILES string of the molecule is COc1ccc(NC(=O)CSc2nnc(N/N=C/c3cccc([N+](=O)[O-])c3)n2N)c(OC)c1. The number of thioether (sulfide) groups is 1. The summed E-state index contributed by atoms with van der Waals surface area (Å²) in [6.07, 6.45) is 1.38. The van der Waals surface area contributed by atoms with Gasteiger partial charge >= 0.3 is 0 Å². The second-order valence-corrected chi connectivity index (χ2v) is 7.24. The van der Waals surface area contributed by atoms with Crippen LogP contribution in [0.5, 0.6) is 11.5 Å². The van der Waals surface area contributed by atoms with Crippen molar-refractivity contribution in [1.29, 1.82) is 0 Å². The Kier molecular flexibility index (Phi) is 7.64. The smallest absolute Gasteiger partial charge is 0.270 e. The fourth-order valence-corrected chi connectivity index (χ4v) is 3.21. The van der Waals surface area contributed by atoms with E-state index in [-0.39, 0.29) is 28.5 Å². The Labute approximate surface area is 192 Å². The first-order chi connectivity index (χ1) is 15.9. The number of anilines is 2. The summed E-state index contributed by atoms with van der Waals surface area (Å²) in [5.41, 5.74) is 3.56. The van der Waals surface area contributed by atoms with Gasteiger partial charge in [0.1, 0.15) is 11.5 Å². The first-order valence-electron chi connectivity index (χ1n) is 9.30. The lowest BCUT2D eigenvalue weighted by atomic mass is 10.2. The largest absolute Gasteiger partial charge is 0.497 e. The average Bonchev–Trinajstić information content (AvgIpc) is 3.17. The number of ether oxygens (including phenoxy) is 2. The van der Waals surface area contributed by atoms with Crippen LogP contribution in [0, 0.1) is 10.1 Å². The number of carbonyl (C=O) groups excluding carboxylic acids is 1. The highest BCUT2D eigenvalue weighted by Crippen LogP contribution is 2.29. The van der Waals surface area contributed by atoms with E-state index in [1.807, 2.05) is 0 Å². The van der Waals surface area contributed by atoms with Crippen molar-refractivity contribution < 1.29 is 19.2 Å². The van der Waals surface area contributed by atoms with Crippen molar-refractivity contribution in [1.82, 2.24) is 14.9 Å². The summed E-state index contributed by atoms with van der Waals surface area (Å²) < 4.78 is 11.5. The first-order valence-corrected chi connectivity index (χ1v) is 10.3. The van der Waals surface area contributed by atoms with E-state index in [2.05, 4.69) is 26.0 Å². The fourth-order valence-electron chi connectivity index (χ4n) is 2.55. The molecule has 172 valence electrons. The number of hydrazone groups is 1. The van der Waals surface area contributed by atoms with Crippen molar-refractivity contribution in [3.05, 3.63) is 58.1 Å². The Hall–Kier alpha value is -4.33. The quantitative estimate of drug-likeness (QED) is 0.130. The molecule has 0 radical (unpaired) electrons. The molecule has 2 aromatic carbocycles. The zero-order chi connectivity index (χ0) is 23.8. The number of methoxy groups -OCH3 is 2. The van der Waals surface area contributed by atoms with Crippen molar-refractivity contribution in [2.24, 2.45) is 5.10 Å². The van der Waals surface area contributed by atoms with Crippen LogP contribution in [-0.4, -0.2) is 51.9 Å². The van der Waals surface area contributed by atoms with Crippen LogP contribution in [0.15, 0.2) is 52.7 Å². The normalized spacial score (nSPS) is 10.7. The minimum absolute atomic E-state index is 0.0153. The lowest BCUT2D eigenvalue weighted by Crippen LogP contribution is -2.17. The molecule has 0 aliphatic rings. The molecule has 1 aromatic heterocycles. The van der Waals surface area contributed by atoms with Crippen molar-refractivity contribution in [3.8, 4) is 11.5 Å². The molecular weight excluding hydrogens is 452 g/mol. The van der Waals surface area contributed by atoms with E-state index in [1.54, 1.807) is 30.3 Å². The molecule has 33 heavy (non-hydrogen) atoms. The number of aromatic nitrogens is 3. The van der Waals surface area contributed by atoms with E-state index in [9.17, 15) is 14.9 Å². The number of hydrogen-bond acceptors (Lipinski definition) is 11. The highest BCUT2D eigenvalue weighted by atomic mass is 32.2. The molecule has 4 N–H and O–H groups in total. The Morgan fingerprint density at radius 2 is 2.09 bits per heavy atom. The number of nitrogens with two attached hydrogens (primary N) is 1. The van der Waals surface area contributed by atoms with E-state index in [0.717, 1.165) is 16.4 Å². The Balaban J connectivity index is 1.56. The predicted octanol–water partition coefficient (Wildman–Crippen LogP) is 2.09. The summed E-state index contributed by atoms with van der Waals surface area (Å²) >= 11 is 1.07. The van der Waals surface area contributed by atoms with E-state index in [1.165, 1.54) is 32.6 Å². The van der Waals surface area contributed by atoms with Gasteiger partial charge in [-0.05, 0) is 12.1 Å². The molecule has 0 saturated heterocycles. The summed E-state index contributed by atoms with van der Waals surface area (Å²) in [4.78, 5) is 22.7. The van der Waals surface area contributed by atoms with Gasteiger partial charge in [0.2, 0.25) is 11.1 Å². The number of nitro groups is 1. The molecule has 1 heterocycles. The zero-order valence-corrected chi connectivity index (χ0v) is 18.4. The molecule has 0 bridgehead atoms. The van der Waals surface area contributed by atoms with Crippen LogP contribution in [0.3, 0.4) is 0 Å². The Morgan fingerprint density at radius 1 is 1.27 bits per heavy atom. The maximum absolute atomic E-state index is 12.3. The lowest BCUT2D eigenvalue weighted by molar-refractivity contribution is -0.384. The van der Waals surface area contributed by atoms with E-state index < -0.39 is 4.92 Å². The standard InChI is InChI=1S/C19H20N8O5S/c1-31-14-6-7-15(16(9-14)32-2)22-17(28)11-33-19-25-24-18(26(19)20)23-21-10-12-4-3-5-13(8-12)27(29)30/h3-10H,11,20H2,1-2H3,(H,22,28)(H,23,24)/b21-10+. The molecule has 1 amide bonds. The van der Waals surface area contributed by atoms with Gasteiger partial charge in [-0.3, -0.25) is 14.9 Å². The number of hydrogen-bond donors (Lipinski definition) is 3. The third kappa shape index (κ3) is 6.10. The molecule has 13 nitrogen and oxygen atoms in total. The maximum atomic E-state index is 12.3. The minimum Gasteiger partial charge on any atom is -0.497 e. The predicted molar refractivity (Wildman–Crippen MR) is 123 cm³/mol. The van der Waals surface area contributed by atoms with Crippen LogP contribution < -0.4 is 26.1 Å². The van der Waals surface area contributed by atoms with E-state index in [4.69, 9.17) is 15.3 Å². The molecular formula is C19H20N8O5S. The molecule has 0 spiro atoms. The van der Waals surface area contributed by atoms with Gasteiger partial charge in [0.25, 0.3) is 11.6 Å². The molecule has 0 aliphatic heterocycles. The van der Waals surface area contributed by atoms with Gasteiger partial charge in [0.05, 0.1) is 36.8 Å². The highest BCUT2D eigenvalue weighted by molar-refractivity contribution is 7.99. The molecule has 0 atom stereocenters. The van der Waals surface area contributed by atoms with Gasteiger partial charge < -0.3 is 20.6 Å². The third-order valence-electron chi connectivity index (χ3n) is 4.14. The molecule has 3 aromatic rings. The number of nitrogen functional groups attached to an aromatic ring is 1. The van der Waals surface area contributed by atoms with Gasteiger partial charge in [0, 0.05) is 23.8 Å². The average molecular weight is 472 g/mol. The first kappa shape index (κ1) is 23.3. The summed E-state index contributed by atoms with van der Waals surface area (Å²) in [6.45, 7) is 0.